The maximum atomic E-state index is 13.8. The van der Waals surface area contributed by atoms with Gasteiger partial charge in [-0.2, -0.15) is 0 Å². The number of rotatable bonds is 2. The molecule has 1 saturated carbocycles. The van der Waals surface area contributed by atoms with E-state index >= 15 is 0 Å². The van der Waals surface area contributed by atoms with Crippen LogP contribution in [0.5, 0.6) is 0 Å². The summed E-state index contributed by atoms with van der Waals surface area (Å²) in [6, 6.07) is 5.30. The van der Waals surface area contributed by atoms with Crippen molar-refractivity contribution in [2.45, 2.75) is 32.6 Å². The molecule has 0 amide bonds. The Hall–Kier alpha value is -0.560. The molecule has 1 aliphatic carbocycles. The summed E-state index contributed by atoms with van der Waals surface area (Å²) in [5.41, 5.74) is 0.777. The topological polar surface area (TPSA) is 0 Å². The molecule has 2 heteroatoms. The summed E-state index contributed by atoms with van der Waals surface area (Å²) in [4.78, 5) is 0. The summed E-state index contributed by atoms with van der Waals surface area (Å²) >= 11 is 5.79. The Bertz CT molecular complexity index is 362. The number of benzene rings is 1. The minimum absolute atomic E-state index is 0.231. The van der Waals surface area contributed by atoms with Crippen LogP contribution in [0.2, 0.25) is 5.02 Å². The Morgan fingerprint density at radius 3 is 2.67 bits per heavy atom. The van der Waals surface area contributed by atoms with Gasteiger partial charge in [0.2, 0.25) is 0 Å². The van der Waals surface area contributed by atoms with Crippen molar-refractivity contribution in [3.05, 3.63) is 34.6 Å². The molecule has 1 aliphatic rings. The molecule has 2 rings (SSSR count). The van der Waals surface area contributed by atoms with Crippen molar-refractivity contribution in [1.82, 2.24) is 0 Å². The van der Waals surface area contributed by atoms with E-state index in [9.17, 15) is 4.39 Å². The van der Waals surface area contributed by atoms with Gasteiger partial charge in [-0.1, -0.05) is 44.0 Å². The standard InChI is InChI=1S/C13H16ClF/c1-8-6-7-10(8)9(2)11-4-3-5-12(14)13(11)15/h3-5,8-10H,6-7H2,1-2H3/t8?,9-,10?/m0/s1. The van der Waals surface area contributed by atoms with Crippen LogP contribution in [-0.4, -0.2) is 0 Å². The summed E-state index contributed by atoms with van der Waals surface area (Å²) in [7, 11) is 0. The van der Waals surface area contributed by atoms with Crippen LogP contribution < -0.4 is 0 Å². The summed E-state index contributed by atoms with van der Waals surface area (Å²) in [6.07, 6.45) is 2.49. The summed E-state index contributed by atoms with van der Waals surface area (Å²) < 4.78 is 13.8. The molecule has 3 atom stereocenters. The van der Waals surface area contributed by atoms with E-state index in [0.717, 1.165) is 11.5 Å². The third-order valence-corrected chi connectivity index (χ3v) is 4.09. The zero-order valence-electron chi connectivity index (χ0n) is 9.13. The van der Waals surface area contributed by atoms with Crippen LogP contribution in [0, 0.1) is 17.7 Å². The second-order valence-corrected chi connectivity index (χ2v) is 5.06. The first-order valence-electron chi connectivity index (χ1n) is 5.55. The smallest absolute Gasteiger partial charge is 0.145 e. The van der Waals surface area contributed by atoms with Crippen molar-refractivity contribution in [2.24, 2.45) is 11.8 Å². The van der Waals surface area contributed by atoms with Gasteiger partial charge in [-0.3, -0.25) is 0 Å². The summed E-state index contributed by atoms with van der Waals surface area (Å²) in [5, 5.41) is 0.242. The lowest BCUT2D eigenvalue weighted by Gasteiger charge is -2.38. The molecule has 15 heavy (non-hydrogen) atoms. The Morgan fingerprint density at radius 1 is 1.40 bits per heavy atom. The number of hydrogen-bond acceptors (Lipinski definition) is 0. The molecule has 0 spiro atoms. The predicted molar refractivity (Wildman–Crippen MR) is 61.7 cm³/mol. The Balaban J connectivity index is 2.25. The molecule has 1 aromatic rings. The Morgan fingerprint density at radius 2 is 2.13 bits per heavy atom. The first-order valence-corrected chi connectivity index (χ1v) is 5.93. The molecule has 1 aromatic carbocycles. The lowest BCUT2D eigenvalue weighted by molar-refractivity contribution is 0.164. The molecular formula is C13H16ClF. The van der Waals surface area contributed by atoms with Gasteiger partial charge in [0.05, 0.1) is 5.02 Å². The van der Waals surface area contributed by atoms with Gasteiger partial charge in [-0.05, 0) is 35.8 Å². The summed E-state index contributed by atoms with van der Waals surface area (Å²) in [6.45, 7) is 4.35. The molecule has 0 aromatic heterocycles. The lowest BCUT2D eigenvalue weighted by Crippen LogP contribution is -2.28. The van der Waals surface area contributed by atoms with Crippen LogP contribution in [0.4, 0.5) is 4.39 Å². The largest absolute Gasteiger partial charge is 0.205 e. The van der Waals surface area contributed by atoms with E-state index < -0.39 is 0 Å². The van der Waals surface area contributed by atoms with Crippen molar-refractivity contribution in [2.75, 3.05) is 0 Å². The normalized spacial score (nSPS) is 27.2. The molecule has 2 unspecified atom stereocenters. The first-order chi connectivity index (χ1) is 7.11. The monoisotopic (exact) mass is 226 g/mol. The fraction of sp³-hybridized carbons (Fsp3) is 0.538. The van der Waals surface area contributed by atoms with Gasteiger partial charge in [0, 0.05) is 0 Å². The maximum Gasteiger partial charge on any atom is 0.145 e. The fourth-order valence-corrected chi connectivity index (χ4v) is 2.72. The molecule has 82 valence electrons. The second kappa shape index (κ2) is 4.13. The van der Waals surface area contributed by atoms with Crippen molar-refractivity contribution < 1.29 is 4.39 Å². The molecule has 0 nitrogen and oxygen atoms in total. The predicted octanol–water partition coefficient (Wildman–Crippen LogP) is 4.63. The second-order valence-electron chi connectivity index (χ2n) is 4.65. The van der Waals surface area contributed by atoms with Gasteiger partial charge >= 0.3 is 0 Å². The van der Waals surface area contributed by atoms with E-state index in [-0.39, 0.29) is 16.8 Å². The van der Waals surface area contributed by atoms with Crippen molar-refractivity contribution in [3.63, 3.8) is 0 Å². The van der Waals surface area contributed by atoms with E-state index in [1.54, 1.807) is 6.07 Å². The lowest BCUT2D eigenvalue weighted by atomic mass is 9.67. The maximum absolute atomic E-state index is 13.8. The molecule has 1 fully saturated rings. The molecule has 0 heterocycles. The SMILES string of the molecule is CC1CCC1[C@H](C)c1cccc(Cl)c1F. The van der Waals surface area contributed by atoms with E-state index in [1.807, 2.05) is 12.1 Å². The molecule has 0 aliphatic heterocycles. The van der Waals surface area contributed by atoms with E-state index in [2.05, 4.69) is 13.8 Å². The highest BCUT2D eigenvalue weighted by Gasteiger charge is 2.33. The number of hydrogen-bond donors (Lipinski definition) is 0. The van der Waals surface area contributed by atoms with Crippen LogP contribution in [0.1, 0.15) is 38.2 Å². The highest BCUT2D eigenvalue weighted by Crippen LogP contribution is 2.44. The van der Waals surface area contributed by atoms with Gasteiger partial charge < -0.3 is 0 Å². The van der Waals surface area contributed by atoms with E-state index in [4.69, 9.17) is 11.6 Å². The highest BCUT2D eigenvalue weighted by molar-refractivity contribution is 6.30. The quantitative estimate of drug-likeness (QED) is 0.690. The first kappa shape index (κ1) is 10.9. The zero-order valence-corrected chi connectivity index (χ0v) is 9.89. The molecular weight excluding hydrogens is 211 g/mol. The highest BCUT2D eigenvalue weighted by atomic mass is 35.5. The number of halogens is 2. The molecule has 0 bridgehead atoms. The van der Waals surface area contributed by atoms with E-state index in [0.29, 0.717) is 5.92 Å². The van der Waals surface area contributed by atoms with Crippen LogP contribution in [0.3, 0.4) is 0 Å². The van der Waals surface area contributed by atoms with Crippen molar-refractivity contribution in [1.29, 1.82) is 0 Å². The van der Waals surface area contributed by atoms with Gasteiger partial charge in [0.1, 0.15) is 5.82 Å². The average molecular weight is 227 g/mol. The van der Waals surface area contributed by atoms with Gasteiger partial charge in [0.15, 0.2) is 0 Å². The average Bonchev–Trinajstić information content (AvgIpc) is 2.19. The molecule has 0 N–H and O–H groups in total. The van der Waals surface area contributed by atoms with Crippen LogP contribution >= 0.6 is 11.6 Å². The Labute approximate surface area is 95.4 Å². The Kier molecular flexibility index (Phi) is 3.01. The fourth-order valence-electron chi connectivity index (χ4n) is 2.54. The van der Waals surface area contributed by atoms with Gasteiger partial charge in [-0.15, -0.1) is 0 Å². The van der Waals surface area contributed by atoms with Crippen LogP contribution in [0.25, 0.3) is 0 Å². The molecule has 0 radical (unpaired) electrons. The van der Waals surface area contributed by atoms with Crippen LogP contribution in [0.15, 0.2) is 18.2 Å². The van der Waals surface area contributed by atoms with Gasteiger partial charge in [0.25, 0.3) is 0 Å². The summed E-state index contributed by atoms with van der Waals surface area (Å²) in [5.74, 6) is 1.40. The van der Waals surface area contributed by atoms with E-state index in [1.165, 1.54) is 12.8 Å². The van der Waals surface area contributed by atoms with Crippen molar-refractivity contribution >= 4 is 11.6 Å². The van der Waals surface area contributed by atoms with Crippen LogP contribution in [-0.2, 0) is 0 Å². The minimum atomic E-state index is -0.231. The minimum Gasteiger partial charge on any atom is -0.205 e. The third kappa shape index (κ3) is 1.90. The zero-order chi connectivity index (χ0) is 11.0. The molecule has 0 saturated heterocycles. The van der Waals surface area contributed by atoms with Gasteiger partial charge in [-0.25, -0.2) is 4.39 Å². The van der Waals surface area contributed by atoms with Crippen molar-refractivity contribution in [3.8, 4) is 0 Å². The third-order valence-electron chi connectivity index (χ3n) is 3.80.